The van der Waals surface area contributed by atoms with Crippen molar-refractivity contribution in [3.8, 4) is 5.69 Å². The average Bonchev–Trinajstić information content (AvgIpc) is 2.78. The second kappa shape index (κ2) is 7.68. The molecule has 3 rings (SSSR count). The van der Waals surface area contributed by atoms with Crippen molar-refractivity contribution in [3.05, 3.63) is 56.0 Å². The first kappa shape index (κ1) is 18.1. The molecule has 1 aliphatic rings. The van der Waals surface area contributed by atoms with Gasteiger partial charge >= 0.3 is 0 Å². The first-order valence-electron chi connectivity index (χ1n) is 9.08. The Morgan fingerprint density at radius 1 is 1.19 bits per heavy atom. The number of non-ortho nitro benzene ring substituents is 1. The zero-order valence-corrected chi connectivity index (χ0v) is 15.2. The number of hydrogen-bond acceptors (Lipinski definition) is 4. The number of H-pyrrole nitrogens is 1. The van der Waals surface area contributed by atoms with E-state index in [1.807, 2.05) is 13.8 Å². The lowest BCUT2D eigenvalue weighted by Crippen LogP contribution is -2.20. The summed E-state index contributed by atoms with van der Waals surface area (Å²) in [6.45, 7) is 3.74. The van der Waals surface area contributed by atoms with E-state index >= 15 is 0 Å². The molecule has 1 heterocycles. The average molecular weight is 356 g/mol. The van der Waals surface area contributed by atoms with Gasteiger partial charge in [0.2, 0.25) is 0 Å². The normalized spacial score (nSPS) is 16.5. The molecule has 7 heteroatoms. The molecule has 0 saturated heterocycles. The highest BCUT2D eigenvalue weighted by Gasteiger charge is 2.18. The summed E-state index contributed by atoms with van der Waals surface area (Å²) in [6, 6.07) is 6.21. The van der Waals surface area contributed by atoms with Crippen LogP contribution in [0.5, 0.6) is 0 Å². The predicted octanol–water partition coefficient (Wildman–Crippen LogP) is 3.91. The molecule has 0 radical (unpaired) electrons. The second-order valence-electron chi connectivity index (χ2n) is 6.89. The highest BCUT2D eigenvalue weighted by Crippen LogP contribution is 2.21. The molecule has 1 fully saturated rings. The van der Waals surface area contributed by atoms with E-state index in [0.29, 0.717) is 17.3 Å². The van der Waals surface area contributed by atoms with Crippen LogP contribution in [-0.4, -0.2) is 26.5 Å². The van der Waals surface area contributed by atoms with E-state index in [-0.39, 0.29) is 11.2 Å². The van der Waals surface area contributed by atoms with Gasteiger partial charge in [0.25, 0.3) is 11.2 Å². The van der Waals surface area contributed by atoms with Crippen molar-refractivity contribution in [1.29, 1.82) is 0 Å². The fourth-order valence-electron chi connectivity index (χ4n) is 3.60. The Hall–Kier alpha value is -2.70. The molecule has 0 unspecified atom stereocenters. The fraction of sp³-hybridized carbons (Fsp3) is 0.474. The molecule has 1 N–H and O–H groups in total. The topological polar surface area (TPSA) is 93.3 Å². The van der Waals surface area contributed by atoms with Crippen molar-refractivity contribution in [1.82, 2.24) is 9.78 Å². The van der Waals surface area contributed by atoms with Gasteiger partial charge in [0, 0.05) is 23.5 Å². The number of nitro benzene ring substituents is 1. The molecule has 0 aliphatic heterocycles. The SMILES string of the molecule is CC(=NC1CCCCCC1)c1c(C)[nH]n(-c2ccc([N+](=O)[O-])cc2)c1=O. The summed E-state index contributed by atoms with van der Waals surface area (Å²) in [5.41, 5.74) is 2.49. The van der Waals surface area contributed by atoms with Crippen LogP contribution in [0.2, 0.25) is 0 Å². The summed E-state index contributed by atoms with van der Waals surface area (Å²) in [5.74, 6) is 0. The lowest BCUT2D eigenvalue weighted by Gasteiger charge is -2.09. The molecule has 1 aromatic carbocycles. The largest absolute Gasteiger partial charge is 0.295 e. The second-order valence-corrected chi connectivity index (χ2v) is 6.89. The van der Waals surface area contributed by atoms with Crippen LogP contribution in [0, 0.1) is 17.0 Å². The van der Waals surface area contributed by atoms with Gasteiger partial charge in [-0.3, -0.25) is 25.0 Å². The van der Waals surface area contributed by atoms with Gasteiger partial charge in [0.1, 0.15) is 0 Å². The number of benzene rings is 1. The van der Waals surface area contributed by atoms with Gasteiger partial charge in [0.05, 0.1) is 22.2 Å². The summed E-state index contributed by atoms with van der Waals surface area (Å²) < 4.78 is 1.42. The van der Waals surface area contributed by atoms with Crippen LogP contribution in [0.4, 0.5) is 5.69 Å². The lowest BCUT2D eigenvalue weighted by molar-refractivity contribution is -0.384. The van der Waals surface area contributed by atoms with Gasteiger partial charge in [-0.2, -0.15) is 0 Å². The molecule has 1 saturated carbocycles. The Kier molecular flexibility index (Phi) is 5.35. The lowest BCUT2D eigenvalue weighted by atomic mass is 10.1. The molecule has 0 bridgehead atoms. The molecule has 138 valence electrons. The maximum absolute atomic E-state index is 12.9. The zero-order valence-electron chi connectivity index (χ0n) is 15.2. The summed E-state index contributed by atoms with van der Waals surface area (Å²) in [6.07, 6.45) is 7.08. The molecule has 1 aromatic heterocycles. The molecule has 7 nitrogen and oxygen atoms in total. The highest BCUT2D eigenvalue weighted by atomic mass is 16.6. The van der Waals surface area contributed by atoms with E-state index in [0.717, 1.165) is 24.2 Å². The number of hydrogen-bond donors (Lipinski definition) is 1. The van der Waals surface area contributed by atoms with E-state index in [2.05, 4.69) is 5.10 Å². The van der Waals surface area contributed by atoms with E-state index in [4.69, 9.17) is 4.99 Å². The predicted molar refractivity (Wildman–Crippen MR) is 101 cm³/mol. The van der Waals surface area contributed by atoms with Gasteiger partial charge in [-0.15, -0.1) is 0 Å². The van der Waals surface area contributed by atoms with Crippen LogP contribution in [0.15, 0.2) is 34.1 Å². The quantitative estimate of drug-likeness (QED) is 0.389. The number of nitrogens with zero attached hydrogens (tertiary/aromatic N) is 3. The first-order chi connectivity index (χ1) is 12.5. The number of aryl methyl sites for hydroxylation is 1. The maximum Gasteiger partial charge on any atom is 0.280 e. The number of nitro groups is 1. The Labute approximate surface area is 151 Å². The summed E-state index contributed by atoms with van der Waals surface area (Å²) in [5, 5.41) is 13.9. The van der Waals surface area contributed by atoms with Crippen molar-refractivity contribution in [2.24, 2.45) is 4.99 Å². The number of nitrogens with one attached hydrogen (secondary N) is 1. The molecule has 0 spiro atoms. The summed E-state index contributed by atoms with van der Waals surface area (Å²) in [7, 11) is 0. The number of aromatic nitrogens is 2. The van der Waals surface area contributed by atoms with Crippen LogP contribution in [0.3, 0.4) is 0 Å². The van der Waals surface area contributed by atoms with Crippen molar-refractivity contribution in [2.75, 3.05) is 0 Å². The van der Waals surface area contributed by atoms with E-state index in [9.17, 15) is 14.9 Å². The van der Waals surface area contributed by atoms with E-state index in [1.165, 1.54) is 42.5 Å². The minimum Gasteiger partial charge on any atom is -0.295 e. The van der Waals surface area contributed by atoms with Crippen LogP contribution in [0.1, 0.15) is 56.7 Å². The maximum atomic E-state index is 12.9. The van der Waals surface area contributed by atoms with Crippen molar-refractivity contribution in [2.45, 2.75) is 58.4 Å². The smallest absolute Gasteiger partial charge is 0.280 e. The van der Waals surface area contributed by atoms with Gasteiger partial charge in [-0.1, -0.05) is 25.7 Å². The highest BCUT2D eigenvalue weighted by molar-refractivity contribution is 5.99. The Balaban J connectivity index is 1.92. The third-order valence-electron chi connectivity index (χ3n) is 4.95. The zero-order chi connectivity index (χ0) is 18.7. The minimum absolute atomic E-state index is 0.00333. The van der Waals surface area contributed by atoms with Gasteiger partial charge < -0.3 is 0 Å². The van der Waals surface area contributed by atoms with Crippen LogP contribution in [0.25, 0.3) is 5.69 Å². The molecular weight excluding hydrogens is 332 g/mol. The summed E-state index contributed by atoms with van der Waals surface area (Å²) >= 11 is 0. The number of aromatic amines is 1. The Morgan fingerprint density at radius 3 is 2.38 bits per heavy atom. The van der Waals surface area contributed by atoms with Crippen molar-refractivity contribution < 1.29 is 4.92 Å². The standard InChI is InChI=1S/C19H24N4O3/c1-13(20-15-7-5-3-4-6-8-15)18-14(2)21-22(19(18)24)16-9-11-17(12-10-16)23(25)26/h9-12,15,21H,3-8H2,1-2H3. The minimum atomic E-state index is -0.457. The van der Waals surface area contributed by atoms with Crippen LogP contribution in [-0.2, 0) is 0 Å². The molecule has 0 amide bonds. The molecule has 1 aliphatic carbocycles. The fourth-order valence-corrected chi connectivity index (χ4v) is 3.60. The van der Waals surface area contributed by atoms with E-state index < -0.39 is 4.92 Å². The molecule has 26 heavy (non-hydrogen) atoms. The first-order valence-corrected chi connectivity index (χ1v) is 9.08. The number of rotatable bonds is 4. The third kappa shape index (κ3) is 3.76. The van der Waals surface area contributed by atoms with Crippen molar-refractivity contribution >= 4 is 11.4 Å². The van der Waals surface area contributed by atoms with Crippen molar-refractivity contribution in [3.63, 3.8) is 0 Å². The van der Waals surface area contributed by atoms with Crippen LogP contribution >= 0.6 is 0 Å². The van der Waals surface area contributed by atoms with Gasteiger partial charge in [0.15, 0.2) is 0 Å². The van der Waals surface area contributed by atoms with Gasteiger partial charge in [-0.25, -0.2) is 4.68 Å². The monoisotopic (exact) mass is 356 g/mol. The molecular formula is C19H24N4O3. The third-order valence-corrected chi connectivity index (χ3v) is 4.95. The summed E-state index contributed by atoms with van der Waals surface area (Å²) in [4.78, 5) is 28.0. The molecule has 2 aromatic rings. The number of aliphatic imine (C=N–C) groups is 1. The van der Waals surface area contributed by atoms with Gasteiger partial charge in [-0.05, 0) is 38.8 Å². The Morgan fingerprint density at radius 2 is 1.81 bits per heavy atom. The Bertz CT molecular complexity index is 869. The molecule has 0 atom stereocenters. The van der Waals surface area contributed by atoms with Crippen LogP contribution < -0.4 is 5.56 Å². The van der Waals surface area contributed by atoms with E-state index in [1.54, 1.807) is 12.1 Å².